The van der Waals surface area contributed by atoms with Crippen LogP contribution in [0.2, 0.25) is 64.5 Å². The maximum atomic E-state index is 7.15. The molecular formula is C43H60N2O2Si4. The third kappa shape index (κ3) is 9.86. The molecule has 5 rings (SSSR count). The molecule has 5 aromatic rings. The van der Waals surface area contributed by atoms with Crippen molar-refractivity contribution in [2.45, 2.75) is 104 Å². The first kappa shape index (κ1) is 39.1. The molecule has 0 aliphatic heterocycles. The Morgan fingerprint density at radius 3 is 1.63 bits per heavy atom. The summed E-state index contributed by atoms with van der Waals surface area (Å²) < 4.78 is 14.3. The van der Waals surface area contributed by atoms with Gasteiger partial charge < -0.3 is 13.2 Å². The van der Waals surface area contributed by atoms with Crippen molar-refractivity contribution in [3.8, 4) is 33.9 Å². The van der Waals surface area contributed by atoms with Crippen molar-refractivity contribution in [2.75, 3.05) is 0 Å². The summed E-state index contributed by atoms with van der Waals surface area (Å²) in [5, 5.41) is 2.86. The van der Waals surface area contributed by atoms with E-state index >= 15 is 0 Å². The molecule has 0 aliphatic carbocycles. The molecule has 270 valence electrons. The van der Waals surface area contributed by atoms with Crippen molar-refractivity contribution in [1.29, 1.82) is 0 Å². The van der Waals surface area contributed by atoms with Gasteiger partial charge in [-0.3, -0.25) is 0 Å². The molecular weight excluding hydrogens is 689 g/mol. The maximum Gasteiger partial charge on any atom is 0.311 e. The van der Waals surface area contributed by atoms with E-state index in [1.54, 1.807) is 0 Å². The summed E-state index contributed by atoms with van der Waals surface area (Å²) in [5.74, 6) is 1.89. The summed E-state index contributed by atoms with van der Waals surface area (Å²) in [6.07, 6.45) is 0. The normalized spacial score (nSPS) is 13.0. The predicted molar refractivity (Wildman–Crippen MR) is 230 cm³/mol. The van der Waals surface area contributed by atoms with E-state index in [0.29, 0.717) is 11.8 Å². The minimum atomic E-state index is -2.39. The number of aromatic amines is 1. The molecule has 51 heavy (non-hydrogen) atoms. The van der Waals surface area contributed by atoms with Gasteiger partial charge in [0.1, 0.15) is 5.82 Å². The average Bonchev–Trinajstić information content (AvgIpc) is 3.53. The van der Waals surface area contributed by atoms with Gasteiger partial charge in [0.15, 0.2) is 8.32 Å². The summed E-state index contributed by atoms with van der Waals surface area (Å²) in [7, 11) is -8.30. The highest BCUT2D eigenvalue weighted by Crippen LogP contribution is 2.33. The number of nitrogens with one attached hydrogen (secondary N) is 1. The molecule has 0 unspecified atom stereocenters. The Morgan fingerprint density at radius 1 is 0.569 bits per heavy atom. The molecule has 0 fully saturated rings. The van der Waals surface area contributed by atoms with E-state index in [9.17, 15) is 0 Å². The van der Waals surface area contributed by atoms with Crippen LogP contribution >= 0.6 is 0 Å². The average molecular weight is 749 g/mol. The van der Waals surface area contributed by atoms with Crippen LogP contribution in [0.4, 0.5) is 0 Å². The smallest absolute Gasteiger partial charge is 0.311 e. The highest BCUT2D eigenvalue weighted by Gasteiger charge is 2.41. The Kier molecular flexibility index (Phi) is 11.9. The van der Waals surface area contributed by atoms with Gasteiger partial charge in [-0.05, 0) is 73.5 Å². The lowest BCUT2D eigenvalue weighted by Gasteiger charge is -2.40. The Hall–Kier alpha value is -3.12. The molecule has 0 saturated carbocycles. The third-order valence-electron chi connectivity index (χ3n) is 10.1. The number of hydrogen-bond acceptors (Lipinski definition) is 3. The molecule has 1 N–H and O–H groups in total. The fourth-order valence-corrected chi connectivity index (χ4v) is 26.0. The van der Waals surface area contributed by atoms with Gasteiger partial charge in [-0.2, -0.15) is 0 Å². The van der Waals surface area contributed by atoms with Gasteiger partial charge in [0.05, 0.1) is 19.5 Å². The number of rotatable bonds is 14. The minimum Gasteiger partial charge on any atom is -0.437 e. The standard InChI is InChI=1S/C43H60N2O2Si4/c1-32(2)37-29-38(33(3)4)31-40(30-37)50(9,10)47-51(11,12)46-49(7,8)28-27-48(5,6)39-25-23-36(24-26-39)43-44-41(34-19-15-13-16-20-34)42(45-43)35-21-17-14-18-22-35/h13-26,29-33H,27-28H2,1-12H3,(H,44,45). The molecule has 0 radical (unpaired) electrons. The third-order valence-corrected chi connectivity index (χ3v) is 25.3. The van der Waals surface area contributed by atoms with Crippen molar-refractivity contribution >= 4 is 43.6 Å². The fourth-order valence-electron chi connectivity index (χ4n) is 7.07. The van der Waals surface area contributed by atoms with Gasteiger partial charge >= 0.3 is 8.56 Å². The molecule has 0 amide bonds. The molecule has 8 heteroatoms. The van der Waals surface area contributed by atoms with E-state index < -0.39 is 33.3 Å². The van der Waals surface area contributed by atoms with Crippen LogP contribution in [0.1, 0.15) is 50.7 Å². The summed E-state index contributed by atoms with van der Waals surface area (Å²) in [5.41, 5.74) is 8.21. The second kappa shape index (κ2) is 15.5. The number of aromatic nitrogens is 2. The molecule has 0 aliphatic rings. The Bertz CT molecular complexity index is 1810. The second-order valence-corrected chi connectivity index (χ2v) is 34.0. The molecule has 0 spiro atoms. The van der Waals surface area contributed by atoms with E-state index in [1.807, 2.05) is 6.07 Å². The van der Waals surface area contributed by atoms with Crippen molar-refractivity contribution < 1.29 is 8.23 Å². The number of hydrogen-bond donors (Lipinski definition) is 1. The lowest BCUT2D eigenvalue weighted by atomic mass is 9.96. The van der Waals surface area contributed by atoms with Crippen LogP contribution in [0, 0.1) is 0 Å². The Morgan fingerprint density at radius 2 is 1.10 bits per heavy atom. The van der Waals surface area contributed by atoms with Crippen molar-refractivity contribution in [3.05, 3.63) is 114 Å². The van der Waals surface area contributed by atoms with E-state index in [4.69, 9.17) is 13.2 Å². The van der Waals surface area contributed by atoms with E-state index in [-0.39, 0.29) is 0 Å². The predicted octanol–water partition coefficient (Wildman–Crippen LogP) is 11.6. The number of nitrogens with zero attached hydrogens (tertiary/aromatic N) is 1. The molecule has 4 nitrogen and oxygen atoms in total. The highest BCUT2D eigenvalue weighted by atomic mass is 28.5. The van der Waals surface area contributed by atoms with Gasteiger partial charge in [0.25, 0.3) is 0 Å². The molecule has 4 aromatic carbocycles. The molecule has 0 bridgehead atoms. The van der Waals surface area contributed by atoms with Crippen LogP contribution in [0.15, 0.2) is 103 Å². The topological polar surface area (TPSA) is 47.1 Å². The van der Waals surface area contributed by atoms with Crippen molar-refractivity contribution in [1.82, 2.24) is 9.97 Å². The van der Waals surface area contributed by atoms with E-state index in [1.165, 1.54) is 27.5 Å². The first-order chi connectivity index (χ1) is 23.9. The van der Waals surface area contributed by atoms with Crippen LogP contribution in [0.5, 0.6) is 0 Å². The number of benzene rings is 4. The van der Waals surface area contributed by atoms with Gasteiger partial charge in [-0.15, -0.1) is 0 Å². The molecule has 0 saturated heterocycles. The quantitative estimate of drug-likeness (QED) is 0.115. The lowest BCUT2D eigenvalue weighted by molar-refractivity contribution is 0.395. The zero-order valence-corrected chi connectivity index (χ0v) is 37.1. The second-order valence-electron chi connectivity index (χ2n) is 17.1. The van der Waals surface area contributed by atoms with Crippen molar-refractivity contribution in [3.63, 3.8) is 0 Å². The first-order valence-electron chi connectivity index (χ1n) is 18.7. The van der Waals surface area contributed by atoms with Crippen LogP contribution in [-0.2, 0) is 8.23 Å². The van der Waals surface area contributed by atoms with Gasteiger partial charge in [-0.1, -0.05) is 155 Å². The highest BCUT2D eigenvalue weighted by molar-refractivity contribution is 6.94. The van der Waals surface area contributed by atoms with E-state index in [0.717, 1.165) is 39.9 Å². The molecule has 1 heterocycles. The first-order valence-corrected chi connectivity index (χ1v) is 30.8. The van der Waals surface area contributed by atoms with Gasteiger partial charge in [0, 0.05) is 16.7 Å². The largest absolute Gasteiger partial charge is 0.437 e. The minimum absolute atomic E-state index is 0.494. The Balaban J connectivity index is 1.28. The van der Waals surface area contributed by atoms with Crippen LogP contribution in [0.3, 0.4) is 0 Å². The summed E-state index contributed by atoms with van der Waals surface area (Å²) in [6, 6.07) is 39.7. The van der Waals surface area contributed by atoms with E-state index in [2.05, 4.69) is 182 Å². The zero-order valence-electron chi connectivity index (χ0n) is 33.1. The summed E-state index contributed by atoms with van der Waals surface area (Å²) in [6.45, 7) is 28.2. The Labute approximate surface area is 312 Å². The zero-order chi connectivity index (χ0) is 37.2. The molecule has 0 atom stereocenters. The van der Waals surface area contributed by atoms with Crippen molar-refractivity contribution in [2.24, 2.45) is 0 Å². The SMILES string of the molecule is CC(C)c1cc(C(C)C)cc([Si](C)(C)O[Si](C)(C)O[Si](C)(C)CC[Si](C)(C)c2ccc(-c3nc(-c4ccccc4)c(-c4ccccc4)[nH]3)cc2)c1. The monoisotopic (exact) mass is 748 g/mol. The number of H-pyrrole nitrogens is 1. The summed E-state index contributed by atoms with van der Waals surface area (Å²) in [4.78, 5) is 8.79. The van der Waals surface area contributed by atoms with Crippen LogP contribution in [0.25, 0.3) is 33.9 Å². The lowest BCUT2D eigenvalue weighted by Crippen LogP contribution is -2.57. The fraction of sp³-hybridized carbons (Fsp3) is 0.372. The van der Waals surface area contributed by atoms with Gasteiger partial charge in [0.2, 0.25) is 8.32 Å². The summed E-state index contributed by atoms with van der Waals surface area (Å²) >= 11 is 0. The van der Waals surface area contributed by atoms with Crippen LogP contribution in [-0.4, -0.2) is 43.2 Å². The van der Waals surface area contributed by atoms with Crippen LogP contribution < -0.4 is 10.4 Å². The molecule has 1 aromatic heterocycles. The van der Waals surface area contributed by atoms with Gasteiger partial charge in [-0.25, -0.2) is 4.98 Å². The maximum absolute atomic E-state index is 7.15. The number of imidazole rings is 1.